The SMILES string of the molecule is COC(=O)NC(=O)[C@H](C)OC(=O)c1cc(S(C)(=O)=O)ccc1Cl. The van der Waals surface area contributed by atoms with E-state index in [9.17, 15) is 22.8 Å². The van der Waals surface area contributed by atoms with Crippen LogP contribution in [0.5, 0.6) is 0 Å². The lowest BCUT2D eigenvalue weighted by Crippen LogP contribution is -2.39. The Labute approximate surface area is 137 Å². The van der Waals surface area contributed by atoms with Crippen molar-refractivity contribution in [3.63, 3.8) is 0 Å². The van der Waals surface area contributed by atoms with Crippen LogP contribution in [0.2, 0.25) is 5.02 Å². The van der Waals surface area contributed by atoms with Crippen LogP contribution in [-0.4, -0.2) is 45.9 Å². The van der Waals surface area contributed by atoms with E-state index in [0.29, 0.717) is 0 Å². The minimum Gasteiger partial charge on any atom is -0.453 e. The van der Waals surface area contributed by atoms with Crippen molar-refractivity contribution in [3.8, 4) is 0 Å². The monoisotopic (exact) mass is 363 g/mol. The fourth-order valence-electron chi connectivity index (χ4n) is 1.42. The number of carbonyl (C=O) groups excluding carboxylic acids is 3. The van der Waals surface area contributed by atoms with Crippen molar-refractivity contribution in [2.75, 3.05) is 13.4 Å². The van der Waals surface area contributed by atoms with Gasteiger partial charge in [-0.2, -0.15) is 0 Å². The summed E-state index contributed by atoms with van der Waals surface area (Å²) in [5, 5.41) is 1.79. The Morgan fingerprint density at radius 3 is 2.39 bits per heavy atom. The number of hydrogen-bond donors (Lipinski definition) is 1. The van der Waals surface area contributed by atoms with Gasteiger partial charge in [0.1, 0.15) is 0 Å². The molecule has 0 spiro atoms. The normalized spacial score (nSPS) is 12.2. The number of nitrogens with one attached hydrogen (secondary N) is 1. The molecule has 0 heterocycles. The van der Waals surface area contributed by atoms with E-state index in [0.717, 1.165) is 19.4 Å². The third-order valence-electron chi connectivity index (χ3n) is 2.65. The largest absolute Gasteiger partial charge is 0.453 e. The van der Waals surface area contributed by atoms with Gasteiger partial charge in [-0.3, -0.25) is 10.1 Å². The molecule has 0 aliphatic carbocycles. The molecule has 0 fully saturated rings. The van der Waals surface area contributed by atoms with Crippen molar-refractivity contribution >= 4 is 39.4 Å². The lowest BCUT2D eigenvalue weighted by Gasteiger charge is -2.13. The predicted molar refractivity (Wildman–Crippen MR) is 80.0 cm³/mol. The third-order valence-corrected chi connectivity index (χ3v) is 4.09. The first-order valence-corrected chi connectivity index (χ1v) is 8.42. The number of carbonyl (C=O) groups is 3. The Morgan fingerprint density at radius 1 is 1.26 bits per heavy atom. The zero-order valence-corrected chi connectivity index (χ0v) is 14.0. The molecule has 0 bridgehead atoms. The molecule has 1 N–H and O–H groups in total. The predicted octanol–water partition coefficient (Wildman–Crippen LogP) is 1.17. The average molecular weight is 364 g/mol. The molecule has 0 aliphatic rings. The zero-order chi connectivity index (χ0) is 17.8. The maximum absolute atomic E-state index is 12.0. The van der Waals surface area contributed by atoms with Gasteiger partial charge in [0.2, 0.25) is 0 Å². The first-order valence-electron chi connectivity index (χ1n) is 6.15. The van der Waals surface area contributed by atoms with Gasteiger partial charge in [-0.1, -0.05) is 11.6 Å². The number of sulfone groups is 1. The summed E-state index contributed by atoms with van der Waals surface area (Å²) in [6.07, 6.45) is -1.35. The van der Waals surface area contributed by atoms with Crippen molar-refractivity contribution in [1.29, 1.82) is 0 Å². The number of benzene rings is 1. The molecule has 126 valence electrons. The van der Waals surface area contributed by atoms with Crippen molar-refractivity contribution in [1.82, 2.24) is 5.32 Å². The summed E-state index contributed by atoms with van der Waals surface area (Å²) in [6, 6.07) is 3.51. The molecule has 0 aliphatic heterocycles. The van der Waals surface area contributed by atoms with Crippen molar-refractivity contribution in [3.05, 3.63) is 28.8 Å². The Hall–Kier alpha value is -2.13. The molecule has 0 saturated carbocycles. The van der Waals surface area contributed by atoms with Crippen LogP contribution in [0.3, 0.4) is 0 Å². The highest BCUT2D eigenvalue weighted by Gasteiger charge is 2.23. The summed E-state index contributed by atoms with van der Waals surface area (Å²) in [6.45, 7) is 1.23. The molecule has 1 aromatic carbocycles. The quantitative estimate of drug-likeness (QED) is 0.798. The van der Waals surface area contributed by atoms with Gasteiger partial charge in [-0.25, -0.2) is 18.0 Å². The van der Waals surface area contributed by atoms with Crippen LogP contribution in [0, 0.1) is 0 Å². The van der Waals surface area contributed by atoms with Crippen LogP contribution < -0.4 is 5.32 Å². The van der Waals surface area contributed by atoms with Crippen molar-refractivity contribution in [2.24, 2.45) is 0 Å². The molecule has 0 radical (unpaired) electrons. The molecular formula is C13H14ClNO7S. The van der Waals surface area contributed by atoms with Gasteiger partial charge in [0.25, 0.3) is 5.91 Å². The lowest BCUT2D eigenvalue weighted by atomic mass is 10.2. The number of amides is 2. The molecule has 23 heavy (non-hydrogen) atoms. The first-order chi connectivity index (χ1) is 10.6. The van der Waals surface area contributed by atoms with Crippen LogP contribution in [0.4, 0.5) is 4.79 Å². The van der Waals surface area contributed by atoms with Crippen molar-refractivity contribution < 1.29 is 32.3 Å². The molecule has 8 nitrogen and oxygen atoms in total. The van der Waals surface area contributed by atoms with Crippen LogP contribution >= 0.6 is 11.6 Å². The standard InChI is InChI=1S/C13H14ClNO7S/c1-7(11(16)15-13(18)21-2)22-12(17)9-6-8(23(3,19)20)4-5-10(9)14/h4-7H,1-3H3,(H,15,16,18)/t7-/m0/s1. The van der Waals surface area contributed by atoms with E-state index in [1.54, 1.807) is 0 Å². The lowest BCUT2D eigenvalue weighted by molar-refractivity contribution is -0.128. The molecule has 1 rings (SSSR count). The average Bonchev–Trinajstić information content (AvgIpc) is 2.45. The summed E-state index contributed by atoms with van der Waals surface area (Å²) in [5.74, 6) is -1.91. The van der Waals surface area contributed by atoms with E-state index in [2.05, 4.69) is 4.74 Å². The molecule has 0 aromatic heterocycles. The zero-order valence-electron chi connectivity index (χ0n) is 12.5. The minimum atomic E-state index is -3.55. The van der Waals surface area contributed by atoms with Gasteiger partial charge in [-0.15, -0.1) is 0 Å². The Morgan fingerprint density at radius 2 is 1.87 bits per heavy atom. The first kappa shape index (κ1) is 18.9. The highest BCUT2D eigenvalue weighted by atomic mass is 35.5. The number of methoxy groups -OCH3 is 1. The van der Waals surface area contributed by atoms with E-state index in [1.807, 2.05) is 5.32 Å². The number of esters is 1. The summed E-state index contributed by atoms with van der Waals surface area (Å²) in [4.78, 5) is 34.4. The Kier molecular flexibility index (Phi) is 6.11. The maximum atomic E-state index is 12.0. The molecular weight excluding hydrogens is 350 g/mol. The van der Waals surface area contributed by atoms with Gasteiger partial charge >= 0.3 is 12.1 Å². The number of halogens is 1. The van der Waals surface area contributed by atoms with Gasteiger partial charge in [-0.05, 0) is 25.1 Å². The number of hydrogen-bond acceptors (Lipinski definition) is 7. The van der Waals surface area contributed by atoms with E-state index >= 15 is 0 Å². The number of ether oxygens (including phenoxy) is 2. The van der Waals surface area contributed by atoms with Gasteiger partial charge in [0.05, 0.1) is 22.6 Å². The van der Waals surface area contributed by atoms with E-state index in [-0.39, 0.29) is 15.5 Å². The molecule has 0 unspecified atom stereocenters. The van der Waals surface area contributed by atoms with E-state index < -0.39 is 33.9 Å². The third kappa shape index (κ3) is 5.22. The van der Waals surface area contributed by atoms with E-state index in [1.165, 1.54) is 19.1 Å². The molecule has 0 saturated heterocycles. The molecule has 1 atom stereocenters. The second-order valence-electron chi connectivity index (χ2n) is 4.44. The second-order valence-corrected chi connectivity index (χ2v) is 6.87. The Balaban J connectivity index is 2.94. The van der Waals surface area contributed by atoms with Crippen LogP contribution in [0.25, 0.3) is 0 Å². The highest BCUT2D eigenvalue weighted by molar-refractivity contribution is 7.90. The number of imide groups is 1. The smallest absolute Gasteiger partial charge is 0.413 e. The van der Waals surface area contributed by atoms with Crippen LogP contribution in [0.1, 0.15) is 17.3 Å². The Bertz CT molecular complexity index is 745. The van der Waals surface area contributed by atoms with Gasteiger partial charge in [0, 0.05) is 6.26 Å². The number of alkyl carbamates (subject to hydrolysis) is 1. The second kappa shape index (κ2) is 7.42. The van der Waals surface area contributed by atoms with Crippen LogP contribution in [-0.2, 0) is 24.1 Å². The summed E-state index contributed by atoms with van der Waals surface area (Å²) >= 11 is 5.84. The van der Waals surface area contributed by atoms with Gasteiger partial charge < -0.3 is 9.47 Å². The summed E-state index contributed by atoms with van der Waals surface area (Å²) in [7, 11) is -2.48. The fraction of sp³-hybridized carbons (Fsp3) is 0.308. The van der Waals surface area contributed by atoms with Crippen molar-refractivity contribution in [2.45, 2.75) is 17.9 Å². The van der Waals surface area contributed by atoms with Gasteiger partial charge in [0.15, 0.2) is 15.9 Å². The summed E-state index contributed by atoms with van der Waals surface area (Å²) in [5.41, 5.74) is -0.215. The molecule has 1 aromatic rings. The highest BCUT2D eigenvalue weighted by Crippen LogP contribution is 2.21. The molecule has 2 amide bonds. The van der Waals surface area contributed by atoms with Crippen LogP contribution in [0.15, 0.2) is 23.1 Å². The fourth-order valence-corrected chi connectivity index (χ4v) is 2.26. The number of rotatable bonds is 4. The summed E-state index contributed by atoms with van der Waals surface area (Å²) < 4.78 is 32.1. The minimum absolute atomic E-state index is 0.0389. The molecule has 10 heteroatoms. The maximum Gasteiger partial charge on any atom is 0.413 e. The van der Waals surface area contributed by atoms with E-state index in [4.69, 9.17) is 16.3 Å². The topological polar surface area (TPSA) is 116 Å².